The fourth-order valence-corrected chi connectivity index (χ4v) is 3.71. The lowest BCUT2D eigenvalue weighted by molar-refractivity contribution is -0.138. The average Bonchev–Trinajstić information content (AvgIpc) is 2.65. The fraction of sp³-hybridized carbons (Fsp3) is 0.652. The van der Waals surface area contributed by atoms with Gasteiger partial charge < -0.3 is 20.8 Å². The van der Waals surface area contributed by atoms with Gasteiger partial charge in [-0.3, -0.25) is 9.59 Å². The molecule has 0 aromatic rings. The highest BCUT2D eigenvalue weighted by atomic mass is 32.2. The summed E-state index contributed by atoms with van der Waals surface area (Å²) in [6.45, 7) is 9.87. The molecule has 4 N–H and O–H groups in total. The first-order chi connectivity index (χ1) is 14.1. The number of hydrogen-bond donors (Lipinski definition) is 4. The summed E-state index contributed by atoms with van der Waals surface area (Å²) < 4.78 is 0. The zero-order chi connectivity index (χ0) is 22.9. The Morgan fingerprint density at radius 2 is 1.57 bits per heavy atom. The predicted octanol–water partition coefficient (Wildman–Crippen LogP) is 3.68. The highest BCUT2D eigenvalue weighted by Gasteiger charge is 2.18. The first-order valence-corrected chi connectivity index (χ1v) is 11.7. The molecule has 0 aromatic carbocycles. The zero-order valence-corrected chi connectivity index (χ0v) is 20.0. The topological polar surface area (TPSA) is 98.7 Å². The summed E-state index contributed by atoms with van der Waals surface area (Å²) in [6.07, 6.45) is 11.0. The molecule has 1 amide bonds. The molecule has 172 valence electrons. The monoisotopic (exact) mass is 440 g/mol. The first kappa shape index (κ1) is 28.4. The molecule has 0 radical (unpaired) electrons. The molecule has 2 atom stereocenters. The van der Waals surface area contributed by atoms with E-state index in [4.69, 9.17) is 0 Å². The molecule has 0 aromatic heterocycles. The minimum atomic E-state index is -0.934. The SMILES string of the molecule is CC(=O)N[C@H](CO)CN[C@@H](CSC/C=C(\C)CC/C=C(\C)CCC=C(C)C)C(=O)O. The van der Waals surface area contributed by atoms with Crippen LogP contribution in [0.25, 0.3) is 0 Å². The summed E-state index contributed by atoms with van der Waals surface area (Å²) in [7, 11) is 0. The summed E-state index contributed by atoms with van der Waals surface area (Å²) in [6, 6.07) is -1.21. The molecule has 0 saturated carbocycles. The standard InChI is InChI=1S/C23H40N2O4S/c1-17(2)8-6-9-18(3)10-7-11-19(4)12-13-30-16-22(23(28)29)24-14-21(15-26)25-20(5)27/h8,10,12,21-22,24,26H,6-7,9,11,13-16H2,1-5H3,(H,25,27)(H,28,29)/b18-10+,19-12+/t21-,22-/m0/s1. The molecule has 30 heavy (non-hydrogen) atoms. The van der Waals surface area contributed by atoms with Crippen molar-refractivity contribution in [2.45, 2.75) is 72.4 Å². The number of aliphatic carboxylic acids is 1. The Morgan fingerprint density at radius 1 is 0.967 bits per heavy atom. The second-order valence-electron chi connectivity index (χ2n) is 7.88. The van der Waals surface area contributed by atoms with Gasteiger partial charge in [-0.2, -0.15) is 11.8 Å². The van der Waals surface area contributed by atoms with E-state index in [1.807, 2.05) is 0 Å². The van der Waals surface area contributed by atoms with E-state index in [1.54, 1.807) is 11.8 Å². The molecule has 0 rings (SSSR count). The van der Waals surface area contributed by atoms with E-state index in [0.29, 0.717) is 5.75 Å². The van der Waals surface area contributed by atoms with Crippen molar-refractivity contribution in [3.05, 3.63) is 34.9 Å². The maximum absolute atomic E-state index is 11.4. The number of aliphatic hydroxyl groups excluding tert-OH is 1. The molecule has 0 fully saturated rings. The Bertz CT molecular complexity index is 610. The van der Waals surface area contributed by atoms with Crippen LogP contribution in [0.4, 0.5) is 0 Å². The molecule has 0 aliphatic heterocycles. The summed E-state index contributed by atoms with van der Waals surface area (Å²) >= 11 is 1.55. The van der Waals surface area contributed by atoms with Crippen molar-refractivity contribution in [1.29, 1.82) is 0 Å². The van der Waals surface area contributed by atoms with Crippen LogP contribution >= 0.6 is 11.8 Å². The highest BCUT2D eigenvalue weighted by Crippen LogP contribution is 2.13. The summed E-state index contributed by atoms with van der Waals surface area (Å²) in [5.74, 6) is -0.0109. The van der Waals surface area contributed by atoms with Gasteiger partial charge in [0.05, 0.1) is 12.6 Å². The van der Waals surface area contributed by atoms with Crippen LogP contribution in [0.15, 0.2) is 34.9 Å². The Labute approximate surface area is 186 Å². The third kappa shape index (κ3) is 16.3. The van der Waals surface area contributed by atoms with Gasteiger partial charge in [0.25, 0.3) is 0 Å². The van der Waals surface area contributed by atoms with Crippen molar-refractivity contribution in [3.8, 4) is 0 Å². The van der Waals surface area contributed by atoms with Gasteiger partial charge >= 0.3 is 5.97 Å². The number of nitrogens with one attached hydrogen (secondary N) is 2. The van der Waals surface area contributed by atoms with Gasteiger partial charge in [-0.25, -0.2) is 0 Å². The molecule has 0 heterocycles. The molecule has 0 saturated heterocycles. The summed E-state index contributed by atoms with van der Waals surface area (Å²) in [5.41, 5.74) is 4.09. The van der Waals surface area contributed by atoms with Gasteiger partial charge in [0.15, 0.2) is 0 Å². The lowest BCUT2D eigenvalue weighted by atomic mass is 10.1. The second kappa shape index (κ2) is 17.1. The van der Waals surface area contributed by atoms with Crippen LogP contribution in [0, 0.1) is 0 Å². The number of aliphatic hydroxyl groups is 1. The smallest absolute Gasteiger partial charge is 0.321 e. The average molecular weight is 441 g/mol. The van der Waals surface area contributed by atoms with E-state index >= 15 is 0 Å². The quantitative estimate of drug-likeness (QED) is 0.216. The van der Waals surface area contributed by atoms with Gasteiger partial charge in [0.1, 0.15) is 6.04 Å². The van der Waals surface area contributed by atoms with Gasteiger partial charge in [-0.05, 0) is 53.4 Å². The lowest BCUT2D eigenvalue weighted by Gasteiger charge is -2.19. The molecule has 6 nitrogen and oxygen atoms in total. The largest absolute Gasteiger partial charge is 0.480 e. The van der Waals surface area contributed by atoms with E-state index in [1.165, 1.54) is 23.6 Å². The molecular weight excluding hydrogens is 400 g/mol. The number of rotatable bonds is 16. The van der Waals surface area contributed by atoms with Crippen molar-refractivity contribution in [1.82, 2.24) is 10.6 Å². The number of allylic oxidation sites excluding steroid dienone is 5. The van der Waals surface area contributed by atoms with E-state index in [-0.39, 0.29) is 19.1 Å². The summed E-state index contributed by atoms with van der Waals surface area (Å²) in [5, 5.41) is 24.1. The Kier molecular flexibility index (Phi) is 16.2. The Balaban J connectivity index is 4.23. The number of carboxylic acid groups (broad SMARTS) is 1. The van der Waals surface area contributed by atoms with E-state index in [2.05, 4.69) is 56.6 Å². The van der Waals surface area contributed by atoms with Crippen LogP contribution in [0.2, 0.25) is 0 Å². The van der Waals surface area contributed by atoms with Gasteiger partial charge in [0, 0.05) is 25.0 Å². The van der Waals surface area contributed by atoms with Crippen molar-refractivity contribution < 1.29 is 19.8 Å². The van der Waals surface area contributed by atoms with E-state index in [0.717, 1.165) is 31.4 Å². The zero-order valence-electron chi connectivity index (χ0n) is 19.2. The molecule has 0 unspecified atom stereocenters. The number of hydrogen-bond acceptors (Lipinski definition) is 5. The third-order valence-electron chi connectivity index (χ3n) is 4.49. The lowest BCUT2D eigenvalue weighted by Crippen LogP contribution is -2.49. The maximum Gasteiger partial charge on any atom is 0.321 e. The first-order valence-electron chi connectivity index (χ1n) is 10.5. The minimum Gasteiger partial charge on any atom is -0.480 e. The molecule has 0 aliphatic rings. The van der Waals surface area contributed by atoms with Crippen LogP contribution in [-0.2, 0) is 9.59 Å². The number of carbonyl (C=O) groups is 2. The normalized spacial score (nSPS) is 14.2. The van der Waals surface area contributed by atoms with Crippen LogP contribution in [0.3, 0.4) is 0 Å². The number of carbonyl (C=O) groups excluding carboxylic acids is 1. The Hall–Kier alpha value is -1.57. The molecule has 0 aliphatic carbocycles. The molecule has 0 bridgehead atoms. The van der Waals surface area contributed by atoms with Crippen LogP contribution in [0.1, 0.15) is 60.3 Å². The van der Waals surface area contributed by atoms with Crippen molar-refractivity contribution in [2.75, 3.05) is 24.7 Å². The van der Waals surface area contributed by atoms with E-state index < -0.39 is 18.1 Å². The minimum absolute atomic E-state index is 0.210. The molecule has 0 spiro atoms. The van der Waals surface area contributed by atoms with E-state index in [9.17, 15) is 19.8 Å². The number of thioether (sulfide) groups is 1. The molecular formula is C23H40N2O4S. The fourth-order valence-electron chi connectivity index (χ4n) is 2.68. The van der Waals surface area contributed by atoms with Crippen LogP contribution in [-0.4, -0.2) is 58.8 Å². The predicted molar refractivity (Wildman–Crippen MR) is 127 cm³/mol. The number of amides is 1. The van der Waals surface area contributed by atoms with Gasteiger partial charge in [-0.1, -0.05) is 34.9 Å². The van der Waals surface area contributed by atoms with Crippen molar-refractivity contribution >= 4 is 23.6 Å². The van der Waals surface area contributed by atoms with Crippen LogP contribution in [0.5, 0.6) is 0 Å². The maximum atomic E-state index is 11.4. The Morgan fingerprint density at radius 3 is 2.10 bits per heavy atom. The molecule has 7 heteroatoms. The number of carboxylic acids is 1. The van der Waals surface area contributed by atoms with Crippen molar-refractivity contribution in [2.24, 2.45) is 0 Å². The second-order valence-corrected chi connectivity index (χ2v) is 8.95. The van der Waals surface area contributed by atoms with Crippen molar-refractivity contribution in [3.63, 3.8) is 0 Å². The third-order valence-corrected chi connectivity index (χ3v) is 5.46. The highest BCUT2D eigenvalue weighted by molar-refractivity contribution is 7.99. The summed E-state index contributed by atoms with van der Waals surface area (Å²) in [4.78, 5) is 22.5. The van der Waals surface area contributed by atoms with Gasteiger partial charge in [-0.15, -0.1) is 0 Å². The van der Waals surface area contributed by atoms with Crippen LogP contribution < -0.4 is 10.6 Å². The van der Waals surface area contributed by atoms with Gasteiger partial charge in [0.2, 0.25) is 5.91 Å².